The maximum Gasteiger partial charge on any atom is 0.496 e. The maximum atomic E-state index is 6.06. The highest BCUT2D eigenvalue weighted by molar-refractivity contribution is 6.62. The first-order valence-electron chi connectivity index (χ1n) is 8.16. The minimum absolute atomic E-state index is 0.403. The van der Waals surface area contributed by atoms with Crippen molar-refractivity contribution in [3.63, 3.8) is 0 Å². The zero-order valence-electron chi connectivity index (χ0n) is 14.9. The van der Waals surface area contributed by atoms with Gasteiger partial charge in [0.25, 0.3) is 0 Å². The van der Waals surface area contributed by atoms with E-state index < -0.39 is 18.3 Å². The van der Waals surface area contributed by atoms with E-state index in [4.69, 9.17) is 13.7 Å². The summed E-state index contributed by atoms with van der Waals surface area (Å²) >= 11 is 0. The second kappa shape index (κ2) is 5.34. The van der Waals surface area contributed by atoms with Crippen LogP contribution in [0.5, 0.6) is 0 Å². The lowest BCUT2D eigenvalue weighted by atomic mass is 9.80. The Morgan fingerprint density at radius 1 is 0.960 bits per heavy atom. The van der Waals surface area contributed by atoms with Crippen molar-refractivity contribution < 1.29 is 13.7 Å². The molecular weight excluding hydrogens is 319 g/mol. The quantitative estimate of drug-likeness (QED) is 0.663. The number of oxazole rings is 1. The van der Waals surface area contributed by atoms with Gasteiger partial charge in [-0.15, -0.1) is 0 Å². The van der Waals surface area contributed by atoms with E-state index in [0.29, 0.717) is 22.8 Å². The number of rotatable bonds is 2. The van der Waals surface area contributed by atoms with Crippen LogP contribution in [0.3, 0.4) is 0 Å². The van der Waals surface area contributed by atoms with Gasteiger partial charge in [0.2, 0.25) is 11.6 Å². The molecule has 1 aliphatic heterocycles. The minimum atomic E-state index is -0.483. The molecule has 128 valence electrons. The molecule has 4 rings (SSSR count). The molecule has 0 atom stereocenters. The average Bonchev–Trinajstić information content (AvgIpc) is 3.05. The summed E-state index contributed by atoms with van der Waals surface area (Å²) in [5.41, 5.74) is 2.57. The summed E-state index contributed by atoms with van der Waals surface area (Å²) < 4.78 is 17.8. The van der Waals surface area contributed by atoms with Crippen LogP contribution in [0, 0.1) is 6.92 Å². The summed E-state index contributed by atoms with van der Waals surface area (Å²) in [7, 11) is -0.483. The van der Waals surface area contributed by atoms with Gasteiger partial charge >= 0.3 is 7.12 Å². The molecule has 1 fully saturated rings. The Hall–Kier alpha value is -2.32. The highest BCUT2D eigenvalue weighted by atomic mass is 16.7. The molecule has 3 aromatic rings. The summed E-state index contributed by atoms with van der Waals surface area (Å²) in [4.78, 5) is 17.1. The molecule has 1 aliphatic rings. The van der Waals surface area contributed by atoms with Crippen LogP contribution in [0.1, 0.15) is 33.4 Å². The monoisotopic (exact) mass is 338 g/mol. The topological polar surface area (TPSA) is 83.2 Å². The van der Waals surface area contributed by atoms with Gasteiger partial charge in [-0.3, -0.25) is 0 Å². The summed E-state index contributed by atoms with van der Waals surface area (Å²) in [6.45, 7) is 9.97. The van der Waals surface area contributed by atoms with Crippen molar-refractivity contribution in [3.05, 3.63) is 30.4 Å². The molecule has 7 nitrogen and oxygen atoms in total. The number of aromatic nitrogens is 4. The van der Waals surface area contributed by atoms with Crippen molar-refractivity contribution in [2.24, 2.45) is 0 Å². The van der Waals surface area contributed by atoms with Crippen molar-refractivity contribution in [2.45, 2.75) is 45.8 Å². The SMILES string of the molecule is Cc1cc(-c2nc3cc(B4OC(C)(C)C(C)(C)O4)cnc3o2)ncn1. The molecule has 0 amide bonds. The Bertz CT molecular complexity index is 938. The predicted octanol–water partition coefficient (Wildman–Crippen LogP) is 2.29. The standard InChI is InChI=1S/C17H19BN4O3/c1-10-6-12(21-9-20-10)15-22-13-7-11(8-19-14(13)23-15)18-24-16(2,3)17(4,5)25-18/h6-9H,1-5H3. The highest BCUT2D eigenvalue weighted by Crippen LogP contribution is 2.36. The van der Waals surface area contributed by atoms with Gasteiger partial charge in [0.15, 0.2) is 0 Å². The van der Waals surface area contributed by atoms with Crippen LogP contribution >= 0.6 is 0 Å². The second-order valence-electron chi connectivity index (χ2n) is 7.24. The zero-order chi connectivity index (χ0) is 17.8. The van der Waals surface area contributed by atoms with Crippen LogP contribution in [-0.4, -0.2) is 38.3 Å². The molecular formula is C17H19BN4O3. The van der Waals surface area contributed by atoms with Gasteiger partial charge in [0.1, 0.15) is 17.5 Å². The largest absolute Gasteiger partial charge is 0.496 e. The van der Waals surface area contributed by atoms with E-state index in [0.717, 1.165) is 11.2 Å². The van der Waals surface area contributed by atoms with Crippen LogP contribution < -0.4 is 5.46 Å². The molecule has 0 aromatic carbocycles. The molecule has 0 saturated carbocycles. The zero-order valence-corrected chi connectivity index (χ0v) is 14.9. The van der Waals surface area contributed by atoms with E-state index in [-0.39, 0.29) is 0 Å². The normalized spacial score (nSPS) is 18.8. The van der Waals surface area contributed by atoms with E-state index in [1.807, 2.05) is 46.8 Å². The van der Waals surface area contributed by atoms with Gasteiger partial charge in [0.05, 0.1) is 11.2 Å². The summed E-state index contributed by atoms with van der Waals surface area (Å²) in [6, 6.07) is 3.70. The third-order valence-corrected chi connectivity index (χ3v) is 4.82. The molecule has 25 heavy (non-hydrogen) atoms. The summed E-state index contributed by atoms with van der Waals surface area (Å²) in [5, 5.41) is 0. The molecule has 0 aliphatic carbocycles. The molecule has 0 radical (unpaired) electrons. The molecule has 0 spiro atoms. The fraction of sp³-hybridized carbons (Fsp3) is 0.412. The Morgan fingerprint density at radius 3 is 2.36 bits per heavy atom. The molecule has 0 bridgehead atoms. The molecule has 8 heteroatoms. The predicted molar refractivity (Wildman–Crippen MR) is 93.3 cm³/mol. The number of fused-ring (bicyclic) bond motifs is 1. The fourth-order valence-electron chi connectivity index (χ4n) is 2.63. The van der Waals surface area contributed by atoms with E-state index in [1.165, 1.54) is 6.33 Å². The van der Waals surface area contributed by atoms with Gasteiger partial charge < -0.3 is 13.7 Å². The van der Waals surface area contributed by atoms with Crippen molar-refractivity contribution in [2.75, 3.05) is 0 Å². The van der Waals surface area contributed by atoms with Gasteiger partial charge in [-0.05, 0) is 46.8 Å². The minimum Gasteiger partial charge on any atom is -0.416 e. The first-order valence-corrected chi connectivity index (χ1v) is 8.16. The molecule has 1 saturated heterocycles. The highest BCUT2D eigenvalue weighted by Gasteiger charge is 2.51. The number of nitrogens with zero attached hydrogens (tertiary/aromatic N) is 4. The first kappa shape index (κ1) is 16.2. The molecule has 3 aromatic heterocycles. The number of aryl methyl sites for hydroxylation is 1. The van der Waals surface area contributed by atoms with Crippen molar-refractivity contribution >= 4 is 23.8 Å². The maximum absolute atomic E-state index is 6.06. The Labute approximate surface area is 146 Å². The first-order chi connectivity index (χ1) is 11.7. The van der Waals surface area contributed by atoms with Gasteiger partial charge in [-0.2, -0.15) is 0 Å². The molecule has 4 heterocycles. The number of hydrogen-bond donors (Lipinski definition) is 0. The van der Waals surface area contributed by atoms with Gasteiger partial charge in [0, 0.05) is 17.4 Å². The van der Waals surface area contributed by atoms with Crippen LogP contribution in [0.25, 0.3) is 22.8 Å². The van der Waals surface area contributed by atoms with Crippen molar-refractivity contribution in [3.8, 4) is 11.6 Å². The number of hydrogen-bond acceptors (Lipinski definition) is 7. The van der Waals surface area contributed by atoms with E-state index >= 15 is 0 Å². The van der Waals surface area contributed by atoms with Gasteiger partial charge in [-0.1, -0.05) is 0 Å². The lowest BCUT2D eigenvalue weighted by Crippen LogP contribution is -2.41. The Morgan fingerprint density at radius 2 is 1.68 bits per heavy atom. The smallest absolute Gasteiger partial charge is 0.416 e. The van der Waals surface area contributed by atoms with E-state index in [2.05, 4.69) is 19.9 Å². The van der Waals surface area contributed by atoms with E-state index in [9.17, 15) is 0 Å². The lowest BCUT2D eigenvalue weighted by molar-refractivity contribution is 0.00578. The van der Waals surface area contributed by atoms with Crippen LogP contribution in [0.2, 0.25) is 0 Å². The third kappa shape index (κ3) is 2.71. The second-order valence-corrected chi connectivity index (χ2v) is 7.24. The summed E-state index contributed by atoms with van der Waals surface area (Å²) in [6.07, 6.45) is 3.19. The molecule has 0 unspecified atom stereocenters. The average molecular weight is 338 g/mol. The fourth-order valence-corrected chi connectivity index (χ4v) is 2.63. The molecule has 0 N–H and O–H groups in total. The van der Waals surface area contributed by atoms with E-state index in [1.54, 1.807) is 6.20 Å². The number of pyridine rings is 1. The van der Waals surface area contributed by atoms with Crippen LogP contribution in [0.4, 0.5) is 0 Å². The van der Waals surface area contributed by atoms with Crippen molar-refractivity contribution in [1.29, 1.82) is 0 Å². The Kier molecular flexibility index (Phi) is 3.45. The Balaban J connectivity index is 1.70. The van der Waals surface area contributed by atoms with Crippen LogP contribution in [-0.2, 0) is 9.31 Å². The van der Waals surface area contributed by atoms with Crippen molar-refractivity contribution in [1.82, 2.24) is 19.9 Å². The van der Waals surface area contributed by atoms with Crippen LogP contribution in [0.15, 0.2) is 29.1 Å². The summed E-state index contributed by atoms with van der Waals surface area (Å²) in [5.74, 6) is 0.416. The van der Waals surface area contributed by atoms with Gasteiger partial charge in [-0.25, -0.2) is 19.9 Å². The third-order valence-electron chi connectivity index (χ3n) is 4.82. The lowest BCUT2D eigenvalue weighted by Gasteiger charge is -2.32.